The number of hydrogen-bond acceptors (Lipinski definition) is 4. The fraction of sp³-hybridized carbons (Fsp3) is 0.133. The van der Waals surface area contributed by atoms with E-state index in [1.165, 1.54) is 0 Å². The summed E-state index contributed by atoms with van der Waals surface area (Å²) >= 11 is 0. The fourth-order valence-electron chi connectivity index (χ4n) is 1.74. The second-order valence-corrected chi connectivity index (χ2v) is 4.15. The lowest BCUT2D eigenvalue weighted by molar-refractivity contribution is 0.303. The van der Waals surface area contributed by atoms with Crippen molar-refractivity contribution in [2.45, 2.75) is 6.61 Å². The number of amidine groups is 1. The Morgan fingerprint density at radius 2 is 1.90 bits per heavy atom. The van der Waals surface area contributed by atoms with Gasteiger partial charge < -0.3 is 20.4 Å². The molecule has 0 aliphatic heterocycles. The molecule has 0 fully saturated rings. The van der Waals surface area contributed by atoms with Crippen molar-refractivity contribution >= 4 is 5.84 Å². The van der Waals surface area contributed by atoms with Crippen molar-refractivity contribution in [3.63, 3.8) is 0 Å². The highest BCUT2D eigenvalue weighted by atomic mass is 16.5. The molecule has 0 atom stereocenters. The highest BCUT2D eigenvalue weighted by Crippen LogP contribution is 2.20. The zero-order valence-corrected chi connectivity index (χ0v) is 11.1. The first-order valence-electron chi connectivity index (χ1n) is 6.06. The van der Waals surface area contributed by atoms with E-state index in [9.17, 15) is 0 Å². The molecule has 0 saturated heterocycles. The van der Waals surface area contributed by atoms with Crippen molar-refractivity contribution in [3.05, 3.63) is 59.7 Å². The normalized spacial score (nSPS) is 11.2. The molecule has 0 spiro atoms. The smallest absolute Gasteiger partial charge is 0.170 e. The van der Waals surface area contributed by atoms with Crippen molar-refractivity contribution in [2.75, 3.05) is 7.11 Å². The van der Waals surface area contributed by atoms with Crippen LogP contribution in [0.1, 0.15) is 11.1 Å². The molecule has 0 aliphatic rings. The van der Waals surface area contributed by atoms with Crippen LogP contribution in [0, 0.1) is 0 Å². The summed E-state index contributed by atoms with van der Waals surface area (Å²) in [6.45, 7) is 0.389. The molecule has 3 N–H and O–H groups in total. The standard InChI is InChI=1S/C15H16N2O3/c1-19-13-6-3-7-14(9-13)20-10-11-4-2-5-12(8-11)15(16)17-18/h2-9,18H,10H2,1H3,(H2,16,17). The molecule has 0 aromatic heterocycles. The SMILES string of the molecule is COc1cccc(OCc2cccc(/C(N)=N/O)c2)c1. The average Bonchev–Trinajstić information content (AvgIpc) is 2.52. The van der Waals surface area contributed by atoms with Gasteiger partial charge in [-0.2, -0.15) is 0 Å². The summed E-state index contributed by atoms with van der Waals surface area (Å²) in [6.07, 6.45) is 0. The van der Waals surface area contributed by atoms with E-state index in [0.717, 1.165) is 17.1 Å². The monoisotopic (exact) mass is 272 g/mol. The first-order valence-corrected chi connectivity index (χ1v) is 6.06. The van der Waals surface area contributed by atoms with E-state index in [1.54, 1.807) is 13.2 Å². The van der Waals surface area contributed by atoms with Gasteiger partial charge in [0.25, 0.3) is 0 Å². The fourth-order valence-corrected chi connectivity index (χ4v) is 1.74. The first kappa shape index (κ1) is 13.7. The lowest BCUT2D eigenvalue weighted by atomic mass is 10.1. The minimum absolute atomic E-state index is 0.0771. The van der Waals surface area contributed by atoms with Gasteiger partial charge in [0.05, 0.1) is 7.11 Å². The number of rotatable bonds is 5. The van der Waals surface area contributed by atoms with Crippen LogP contribution in [0.15, 0.2) is 53.7 Å². The Morgan fingerprint density at radius 1 is 1.15 bits per heavy atom. The van der Waals surface area contributed by atoms with Crippen LogP contribution in [0.2, 0.25) is 0 Å². The topological polar surface area (TPSA) is 77.1 Å². The third-order valence-electron chi connectivity index (χ3n) is 2.78. The summed E-state index contributed by atoms with van der Waals surface area (Å²) in [5.74, 6) is 1.54. The highest BCUT2D eigenvalue weighted by Gasteiger charge is 2.02. The van der Waals surface area contributed by atoms with E-state index in [2.05, 4.69) is 5.16 Å². The molecule has 0 amide bonds. The first-order chi connectivity index (χ1) is 9.72. The second-order valence-electron chi connectivity index (χ2n) is 4.15. The summed E-state index contributed by atoms with van der Waals surface area (Å²) in [7, 11) is 1.61. The zero-order chi connectivity index (χ0) is 14.4. The number of methoxy groups -OCH3 is 1. The Balaban J connectivity index is 2.07. The second kappa shape index (κ2) is 6.47. The van der Waals surface area contributed by atoms with E-state index in [-0.39, 0.29) is 5.84 Å². The van der Waals surface area contributed by atoms with Crippen LogP contribution in [-0.4, -0.2) is 18.2 Å². The van der Waals surface area contributed by atoms with E-state index < -0.39 is 0 Å². The number of nitrogens with zero attached hydrogens (tertiary/aromatic N) is 1. The number of nitrogens with two attached hydrogens (primary N) is 1. The van der Waals surface area contributed by atoms with Crippen LogP contribution in [0.25, 0.3) is 0 Å². The molecule has 0 heterocycles. The number of hydrogen-bond donors (Lipinski definition) is 2. The van der Waals surface area contributed by atoms with Crippen molar-refractivity contribution < 1.29 is 14.7 Å². The summed E-state index contributed by atoms with van der Waals surface area (Å²) in [5, 5.41) is 11.6. The number of benzene rings is 2. The van der Waals surface area contributed by atoms with Gasteiger partial charge in [0, 0.05) is 11.6 Å². The van der Waals surface area contributed by atoms with Gasteiger partial charge in [-0.1, -0.05) is 29.4 Å². The predicted octanol–water partition coefficient (Wildman–Crippen LogP) is 2.37. The van der Waals surface area contributed by atoms with Gasteiger partial charge in [0.2, 0.25) is 0 Å². The van der Waals surface area contributed by atoms with Crippen LogP contribution in [0.4, 0.5) is 0 Å². The molecule has 5 heteroatoms. The maximum absolute atomic E-state index is 8.66. The minimum atomic E-state index is 0.0771. The molecule has 2 rings (SSSR count). The zero-order valence-electron chi connectivity index (χ0n) is 11.1. The molecule has 0 radical (unpaired) electrons. The summed E-state index contributed by atoms with van der Waals surface area (Å²) < 4.78 is 10.8. The Hall–Kier alpha value is -2.69. The maximum atomic E-state index is 8.66. The van der Waals surface area contributed by atoms with E-state index in [1.807, 2.05) is 42.5 Å². The Morgan fingerprint density at radius 3 is 2.65 bits per heavy atom. The van der Waals surface area contributed by atoms with Gasteiger partial charge in [0.1, 0.15) is 18.1 Å². The molecule has 0 aliphatic carbocycles. The van der Waals surface area contributed by atoms with Crippen LogP contribution in [-0.2, 0) is 6.61 Å². The van der Waals surface area contributed by atoms with Gasteiger partial charge in [-0.25, -0.2) is 0 Å². The van der Waals surface area contributed by atoms with Crippen molar-refractivity contribution in [3.8, 4) is 11.5 Å². The van der Waals surface area contributed by atoms with Crippen LogP contribution in [0.3, 0.4) is 0 Å². The molecule has 0 unspecified atom stereocenters. The molecule has 2 aromatic carbocycles. The molecule has 5 nitrogen and oxygen atoms in total. The van der Waals surface area contributed by atoms with Crippen LogP contribution in [0.5, 0.6) is 11.5 Å². The lowest BCUT2D eigenvalue weighted by Crippen LogP contribution is -2.13. The van der Waals surface area contributed by atoms with Crippen molar-refractivity contribution in [1.82, 2.24) is 0 Å². The average molecular weight is 272 g/mol. The van der Waals surface area contributed by atoms with Gasteiger partial charge in [-0.15, -0.1) is 0 Å². The number of oxime groups is 1. The van der Waals surface area contributed by atoms with Gasteiger partial charge in [-0.05, 0) is 23.8 Å². The van der Waals surface area contributed by atoms with Gasteiger partial charge >= 0.3 is 0 Å². The van der Waals surface area contributed by atoms with E-state index in [4.69, 9.17) is 20.4 Å². The Labute approximate surface area is 117 Å². The van der Waals surface area contributed by atoms with Crippen LogP contribution < -0.4 is 15.2 Å². The van der Waals surface area contributed by atoms with Gasteiger partial charge in [0.15, 0.2) is 5.84 Å². The van der Waals surface area contributed by atoms with E-state index in [0.29, 0.717) is 12.2 Å². The highest BCUT2D eigenvalue weighted by molar-refractivity contribution is 5.97. The maximum Gasteiger partial charge on any atom is 0.170 e. The molecule has 20 heavy (non-hydrogen) atoms. The Bertz CT molecular complexity index is 612. The van der Waals surface area contributed by atoms with Crippen LogP contribution >= 0.6 is 0 Å². The van der Waals surface area contributed by atoms with E-state index >= 15 is 0 Å². The molecule has 104 valence electrons. The molecule has 0 saturated carbocycles. The third-order valence-corrected chi connectivity index (χ3v) is 2.78. The quantitative estimate of drug-likeness (QED) is 0.379. The summed E-state index contributed by atoms with van der Waals surface area (Å²) in [4.78, 5) is 0. The molecular formula is C15H16N2O3. The van der Waals surface area contributed by atoms with Gasteiger partial charge in [-0.3, -0.25) is 0 Å². The minimum Gasteiger partial charge on any atom is -0.497 e. The summed E-state index contributed by atoms with van der Waals surface area (Å²) in [6, 6.07) is 14.7. The van der Waals surface area contributed by atoms with Crippen molar-refractivity contribution in [1.29, 1.82) is 0 Å². The van der Waals surface area contributed by atoms with Crippen molar-refractivity contribution in [2.24, 2.45) is 10.9 Å². The largest absolute Gasteiger partial charge is 0.497 e. The molecular weight excluding hydrogens is 256 g/mol. The molecule has 2 aromatic rings. The Kier molecular flexibility index (Phi) is 4.44. The lowest BCUT2D eigenvalue weighted by Gasteiger charge is -2.08. The summed E-state index contributed by atoms with van der Waals surface area (Å²) in [5.41, 5.74) is 7.13. The predicted molar refractivity (Wildman–Crippen MR) is 76.3 cm³/mol. The third kappa shape index (κ3) is 3.41. The number of ether oxygens (including phenoxy) is 2. The molecule has 0 bridgehead atoms.